The molecule has 26 heavy (non-hydrogen) atoms. The minimum Gasteiger partial charge on any atom is -0.340 e. The summed E-state index contributed by atoms with van der Waals surface area (Å²) in [5.41, 5.74) is 5.20. The van der Waals surface area contributed by atoms with Gasteiger partial charge in [0.15, 0.2) is 0 Å². The fourth-order valence-electron chi connectivity index (χ4n) is 3.65. The molecule has 1 aliphatic rings. The molecule has 1 aliphatic heterocycles. The third-order valence-electron chi connectivity index (χ3n) is 5.03. The molecule has 5 heteroatoms. The van der Waals surface area contributed by atoms with Gasteiger partial charge in [0.25, 0.3) is 0 Å². The molecule has 0 saturated carbocycles. The van der Waals surface area contributed by atoms with E-state index in [9.17, 15) is 4.79 Å². The van der Waals surface area contributed by atoms with Gasteiger partial charge in [0.1, 0.15) is 0 Å². The van der Waals surface area contributed by atoms with Gasteiger partial charge in [-0.3, -0.25) is 4.79 Å². The average Bonchev–Trinajstić information content (AvgIpc) is 2.62. The Morgan fingerprint density at radius 3 is 2.65 bits per heavy atom. The van der Waals surface area contributed by atoms with Crippen LogP contribution in [0.2, 0.25) is 0 Å². The maximum atomic E-state index is 12.9. The van der Waals surface area contributed by atoms with Crippen molar-refractivity contribution in [1.82, 2.24) is 9.97 Å². The highest BCUT2D eigenvalue weighted by Gasteiger charge is 2.28. The second-order valence-corrected chi connectivity index (χ2v) is 7.19. The molecule has 1 aromatic heterocycles. The highest BCUT2D eigenvalue weighted by molar-refractivity contribution is 5.94. The summed E-state index contributed by atoms with van der Waals surface area (Å²) >= 11 is 0. The summed E-state index contributed by atoms with van der Waals surface area (Å²) in [6.07, 6.45) is 2.79. The van der Waals surface area contributed by atoms with Crippen LogP contribution >= 0.6 is 0 Å². The molecule has 0 radical (unpaired) electrons. The lowest BCUT2D eigenvalue weighted by atomic mass is 9.96. The lowest BCUT2D eigenvalue weighted by Crippen LogP contribution is -2.41. The zero-order valence-corrected chi connectivity index (χ0v) is 16.2. The van der Waals surface area contributed by atoms with E-state index >= 15 is 0 Å². The van der Waals surface area contributed by atoms with E-state index < -0.39 is 0 Å². The van der Waals surface area contributed by atoms with Gasteiger partial charge < -0.3 is 10.2 Å². The molecule has 1 N–H and O–H groups in total. The van der Waals surface area contributed by atoms with E-state index in [-0.39, 0.29) is 11.8 Å². The van der Waals surface area contributed by atoms with E-state index in [1.165, 1.54) is 5.56 Å². The lowest BCUT2D eigenvalue weighted by Gasteiger charge is -2.32. The second kappa shape index (κ2) is 7.85. The van der Waals surface area contributed by atoms with Gasteiger partial charge in [0, 0.05) is 30.2 Å². The molecule has 1 saturated heterocycles. The largest absolute Gasteiger partial charge is 0.340 e. The minimum absolute atomic E-state index is 0.0440. The summed E-state index contributed by atoms with van der Waals surface area (Å²) in [5, 5.41) is 3.19. The lowest BCUT2D eigenvalue weighted by molar-refractivity contribution is -0.120. The zero-order valence-electron chi connectivity index (χ0n) is 16.2. The van der Waals surface area contributed by atoms with Gasteiger partial charge in [-0.25, -0.2) is 9.97 Å². The molecule has 138 valence electrons. The van der Waals surface area contributed by atoms with Crippen LogP contribution in [0.4, 0.5) is 11.6 Å². The summed E-state index contributed by atoms with van der Waals surface area (Å²) in [4.78, 5) is 24.2. The van der Waals surface area contributed by atoms with Crippen LogP contribution in [0.5, 0.6) is 0 Å². The van der Waals surface area contributed by atoms with E-state index in [0.717, 1.165) is 54.4 Å². The number of hydrogen-bond acceptors (Lipinski definition) is 4. The van der Waals surface area contributed by atoms with Crippen LogP contribution in [-0.2, 0) is 11.2 Å². The van der Waals surface area contributed by atoms with E-state index in [1.807, 2.05) is 39.0 Å². The second-order valence-electron chi connectivity index (χ2n) is 7.19. The first kappa shape index (κ1) is 18.4. The number of anilines is 2. The zero-order chi connectivity index (χ0) is 18.7. The minimum atomic E-state index is -0.0440. The molecule has 0 aliphatic carbocycles. The van der Waals surface area contributed by atoms with Gasteiger partial charge in [-0.05, 0) is 57.2 Å². The smallest absolute Gasteiger partial charge is 0.229 e. The average molecular weight is 352 g/mol. The van der Waals surface area contributed by atoms with Crippen LogP contribution in [0, 0.1) is 26.7 Å². The Morgan fingerprint density at radius 2 is 1.96 bits per heavy atom. The predicted octanol–water partition coefficient (Wildman–Crippen LogP) is 3.82. The van der Waals surface area contributed by atoms with Crippen molar-refractivity contribution in [2.45, 2.75) is 47.0 Å². The Hall–Kier alpha value is -2.43. The topological polar surface area (TPSA) is 58.1 Å². The van der Waals surface area contributed by atoms with Crippen LogP contribution in [0.1, 0.15) is 42.3 Å². The third-order valence-corrected chi connectivity index (χ3v) is 5.03. The van der Waals surface area contributed by atoms with Crippen LogP contribution in [-0.4, -0.2) is 29.0 Å². The van der Waals surface area contributed by atoms with Crippen molar-refractivity contribution in [3.63, 3.8) is 0 Å². The Bertz CT molecular complexity index is 782. The predicted molar refractivity (Wildman–Crippen MR) is 106 cm³/mol. The molecule has 2 heterocycles. The number of para-hydroxylation sites is 1. The molecule has 3 rings (SSSR count). The first-order valence-corrected chi connectivity index (χ1v) is 9.44. The number of aryl methyl sites for hydroxylation is 4. The quantitative estimate of drug-likeness (QED) is 0.909. The van der Waals surface area contributed by atoms with Gasteiger partial charge in [0.2, 0.25) is 11.9 Å². The molecule has 1 amide bonds. The molecule has 5 nitrogen and oxygen atoms in total. The molecule has 1 fully saturated rings. The van der Waals surface area contributed by atoms with Crippen molar-refractivity contribution < 1.29 is 4.79 Å². The number of rotatable bonds is 4. The standard InChI is InChI=1S/C21H28N4O/c1-5-17-9-6-8-14(2)19(17)24-20(26)18-10-7-11-25(13-18)21-22-15(3)12-16(4)23-21/h6,8-9,12,18H,5,7,10-11,13H2,1-4H3,(H,24,26). The molecular formula is C21H28N4O. The number of carbonyl (C=O) groups is 1. The Labute approximate surface area is 155 Å². The van der Waals surface area contributed by atoms with E-state index in [1.54, 1.807) is 0 Å². The molecule has 1 unspecified atom stereocenters. The Kier molecular flexibility index (Phi) is 5.55. The number of carbonyl (C=O) groups excluding carboxylic acids is 1. The van der Waals surface area contributed by atoms with Crippen molar-refractivity contribution in [3.8, 4) is 0 Å². The fraction of sp³-hybridized carbons (Fsp3) is 0.476. The maximum Gasteiger partial charge on any atom is 0.229 e. The first-order chi connectivity index (χ1) is 12.5. The maximum absolute atomic E-state index is 12.9. The van der Waals surface area contributed by atoms with E-state index in [2.05, 4.69) is 33.2 Å². The number of aromatic nitrogens is 2. The van der Waals surface area contributed by atoms with Gasteiger partial charge >= 0.3 is 0 Å². The number of hydrogen-bond donors (Lipinski definition) is 1. The summed E-state index contributed by atoms with van der Waals surface area (Å²) in [7, 11) is 0. The van der Waals surface area contributed by atoms with Crippen molar-refractivity contribution in [1.29, 1.82) is 0 Å². The SMILES string of the molecule is CCc1cccc(C)c1NC(=O)C1CCCN(c2nc(C)cc(C)n2)C1. The number of benzene rings is 1. The highest BCUT2D eigenvalue weighted by atomic mass is 16.1. The van der Waals surface area contributed by atoms with Gasteiger partial charge in [-0.1, -0.05) is 25.1 Å². The fourth-order valence-corrected chi connectivity index (χ4v) is 3.65. The van der Waals surface area contributed by atoms with Crippen LogP contribution < -0.4 is 10.2 Å². The van der Waals surface area contributed by atoms with Crippen molar-refractivity contribution in [3.05, 3.63) is 46.8 Å². The van der Waals surface area contributed by atoms with Crippen LogP contribution in [0.15, 0.2) is 24.3 Å². The highest BCUT2D eigenvalue weighted by Crippen LogP contribution is 2.25. The molecule has 0 spiro atoms. The normalized spacial score (nSPS) is 17.2. The summed E-state index contributed by atoms with van der Waals surface area (Å²) in [6, 6.07) is 8.15. The number of piperidine rings is 1. The van der Waals surface area contributed by atoms with Gasteiger partial charge in [-0.2, -0.15) is 0 Å². The number of nitrogens with zero attached hydrogens (tertiary/aromatic N) is 3. The molecule has 1 atom stereocenters. The van der Waals surface area contributed by atoms with Gasteiger partial charge in [-0.15, -0.1) is 0 Å². The molecule has 2 aromatic rings. The Balaban J connectivity index is 1.74. The van der Waals surface area contributed by atoms with Gasteiger partial charge in [0.05, 0.1) is 5.92 Å². The van der Waals surface area contributed by atoms with Crippen molar-refractivity contribution >= 4 is 17.5 Å². The summed E-state index contributed by atoms with van der Waals surface area (Å²) in [5.74, 6) is 0.797. The van der Waals surface area contributed by atoms with Crippen LogP contribution in [0.25, 0.3) is 0 Å². The number of nitrogens with one attached hydrogen (secondary N) is 1. The molecule has 0 bridgehead atoms. The first-order valence-electron chi connectivity index (χ1n) is 9.44. The third kappa shape index (κ3) is 4.03. The van der Waals surface area contributed by atoms with E-state index in [0.29, 0.717) is 6.54 Å². The summed E-state index contributed by atoms with van der Waals surface area (Å²) < 4.78 is 0. The monoisotopic (exact) mass is 352 g/mol. The van der Waals surface area contributed by atoms with Crippen molar-refractivity contribution in [2.75, 3.05) is 23.3 Å². The summed E-state index contributed by atoms with van der Waals surface area (Å²) in [6.45, 7) is 9.70. The van der Waals surface area contributed by atoms with Crippen LogP contribution in [0.3, 0.4) is 0 Å². The Morgan fingerprint density at radius 1 is 1.23 bits per heavy atom. The van der Waals surface area contributed by atoms with E-state index in [4.69, 9.17) is 0 Å². The van der Waals surface area contributed by atoms with Crippen molar-refractivity contribution in [2.24, 2.45) is 5.92 Å². The number of amides is 1. The molecular weight excluding hydrogens is 324 g/mol. The molecule has 1 aromatic carbocycles.